The number of amides is 2. The van der Waals surface area contributed by atoms with E-state index in [0.29, 0.717) is 36.6 Å². The number of rotatable bonds is 8. The summed E-state index contributed by atoms with van der Waals surface area (Å²) in [6, 6.07) is 14.3. The highest BCUT2D eigenvalue weighted by Gasteiger charge is 2.13. The average molecular weight is 452 g/mol. The van der Waals surface area contributed by atoms with Crippen LogP contribution in [0.4, 0.5) is 5.69 Å². The molecule has 5 nitrogen and oxygen atoms in total. The SMILES string of the molecule is CCOCCCNC(=O)c1ccccc1NC(=O)c1cccc(I)c1. The van der Waals surface area contributed by atoms with Crippen molar-refractivity contribution in [3.8, 4) is 0 Å². The molecule has 0 radical (unpaired) electrons. The van der Waals surface area contributed by atoms with E-state index >= 15 is 0 Å². The van der Waals surface area contributed by atoms with Gasteiger partial charge in [0.1, 0.15) is 0 Å². The number of benzene rings is 2. The number of carbonyl (C=O) groups excluding carboxylic acids is 2. The van der Waals surface area contributed by atoms with Crippen LogP contribution >= 0.6 is 22.6 Å². The Morgan fingerprint density at radius 1 is 1.08 bits per heavy atom. The second-order valence-corrected chi connectivity index (χ2v) is 6.56. The van der Waals surface area contributed by atoms with Crippen LogP contribution < -0.4 is 10.6 Å². The van der Waals surface area contributed by atoms with E-state index in [4.69, 9.17) is 4.74 Å². The second kappa shape index (κ2) is 10.1. The average Bonchev–Trinajstić information content (AvgIpc) is 2.62. The molecule has 0 aliphatic carbocycles. The van der Waals surface area contributed by atoms with E-state index in [0.717, 1.165) is 9.99 Å². The van der Waals surface area contributed by atoms with Gasteiger partial charge in [0.25, 0.3) is 11.8 Å². The zero-order valence-electron chi connectivity index (χ0n) is 14.0. The maximum atomic E-state index is 12.4. The van der Waals surface area contributed by atoms with Crippen molar-refractivity contribution in [1.82, 2.24) is 5.32 Å². The van der Waals surface area contributed by atoms with E-state index < -0.39 is 0 Å². The number of ether oxygens (including phenoxy) is 1. The van der Waals surface area contributed by atoms with Crippen LogP contribution in [0, 0.1) is 3.57 Å². The molecule has 132 valence electrons. The Bertz CT molecular complexity index is 734. The molecule has 0 saturated carbocycles. The van der Waals surface area contributed by atoms with Gasteiger partial charge in [0.05, 0.1) is 11.3 Å². The summed E-state index contributed by atoms with van der Waals surface area (Å²) in [6.07, 6.45) is 0.747. The van der Waals surface area contributed by atoms with Gasteiger partial charge in [0.15, 0.2) is 0 Å². The lowest BCUT2D eigenvalue weighted by atomic mass is 10.1. The minimum Gasteiger partial charge on any atom is -0.382 e. The van der Waals surface area contributed by atoms with Gasteiger partial charge in [-0.2, -0.15) is 0 Å². The number of carbonyl (C=O) groups is 2. The number of nitrogens with one attached hydrogen (secondary N) is 2. The highest BCUT2D eigenvalue weighted by atomic mass is 127. The van der Waals surface area contributed by atoms with E-state index in [9.17, 15) is 9.59 Å². The third kappa shape index (κ3) is 6.13. The first-order chi connectivity index (χ1) is 12.1. The zero-order valence-corrected chi connectivity index (χ0v) is 16.2. The van der Waals surface area contributed by atoms with Crippen molar-refractivity contribution < 1.29 is 14.3 Å². The van der Waals surface area contributed by atoms with Gasteiger partial charge in [-0.25, -0.2) is 0 Å². The molecule has 2 aromatic rings. The van der Waals surface area contributed by atoms with Crippen molar-refractivity contribution in [2.24, 2.45) is 0 Å². The summed E-state index contributed by atoms with van der Waals surface area (Å²) in [6.45, 7) is 3.74. The molecule has 0 unspecified atom stereocenters. The molecular weight excluding hydrogens is 431 g/mol. The largest absolute Gasteiger partial charge is 0.382 e. The highest BCUT2D eigenvalue weighted by Crippen LogP contribution is 2.17. The molecule has 0 aromatic heterocycles. The van der Waals surface area contributed by atoms with Crippen LogP contribution in [0.25, 0.3) is 0 Å². The van der Waals surface area contributed by atoms with Crippen LogP contribution in [0.2, 0.25) is 0 Å². The van der Waals surface area contributed by atoms with Gasteiger partial charge in [0.2, 0.25) is 0 Å². The molecule has 0 atom stereocenters. The zero-order chi connectivity index (χ0) is 18.1. The second-order valence-electron chi connectivity index (χ2n) is 5.32. The van der Waals surface area contributed by atoms with Gasteiger partial charge < -0.3 is 15.4 Å². The summed E-state index contributed by atoms with van der Waals surface area (Å²) in [7, 11) is 0. The molecule has 2 amide bonds. The Kier molecular flexibility index (Phi) is 7.87. The first kappa shape index (κ1) is 19.4. The lowest BCUT2D eigenvalue weighted by molar-refractivity contribution is 0.0945. The Morgan fingerprint density at radius 2 is 1.88 bits per heavy atom. The molecule has 2 N–H and O–H groups in total. The normalized spacial score (nSPS) is 10.3. The number of anilines is 1. The van der Waals surface area contributed by atoms with Crippen molar-refractivity contribution in [2.45, 2.75) is 13.3 Å². The minimum absolute atomic E-state index is 0.213. The predicted molar refractivity (Wildman–Crippen MR) is 107 cm³/mol. The molecular formula is C19H21IN2O3. The molecule has 0 fully saturated rings. The Morgan fingerprint density at radius 3 is 2.64 bits per heavy atom. The minimum atomic E-state index is -0.241. The lowest BCUT2D eigenvalue weighted by Gasteiger charge is -2.11. The predicted octanol–water partition coefficient (Wildman–Crippen LogP) is 3.70. The third-order valence-corrected chi connectivity index (χ3v) is 4.13. The summed E-state index contributed by atoms with van der Waals surface area (Å²) in [5, 5.41) is 5.67. The van der Waals surface area contributed by atoms with Gasteiger partial charge >= 0.3 is 0 Å². The van der Waals surface area contributed by atoms with Gasteiger partial charge in [-0.1, -0.05) is 18.2 Å². The van der Waals surface area contributed by atoms with E-state index in [2.05, 4.69) is 33.2 Å². The summed E-state index contributed by atoms with van der Waals surface area (Å²) in [5.41, 5.74) is 1.49. The van der Waals surface area contributed by atoms with E-state index in [-0.39, 0.29) is 11.8 Å². The van der Waals surface area contributed by atoms with E-state index in [1.54, 1.807) is 36.4 Å². The van der Waals surface area contributed by atoms with Gasteiger partial charge in [-0.3, -0.25) is 9.59 Å². The number of hydrogen-bond acceptors (Lipinski definition) is 3. The van der Waals surface area contributed by atoms with Crippen molar-refractivity contribution >= 4 is 40.1 Å². The van der Waals surface area contributed by atoms with E-state index in [1.807, 2.05) is 19.1 Å². The van der Waals surface area contributed by atoms with E-state index in [1.165, 1.54) is 0 Å². The Labute approximate surface area is 161 Å². The first-order valence-electron chi connectivity index (χ1n) is 8.13. The molecule has 0 spiro atoms. The van der Waals surface area contributed by atoms with Crippen LogP contribution in [0.1, 0.15) is 34.1 Å². The summed E-state index contributed by atoms with van der Waals surface area (Å²) in [4.78, 5) is 24.8. The summed E-state index contributed by atoms with van der Waals surface area (Å²) >= 11 is 2.16. The molecule has 2 aromatic carbocycles. The van der Waals surface area contributed by atoms with Crippen LogP contribution in [-0.4, -0.2) is 31.6 Å². The van der Waals surface area contributed by atoms with Crippen molar-refractivity contribution in [2.75, 3.05) is 25.1 Å². The number of hydrogen-bond donors (Lipinski definition) is 2. The maximum Gasteiger partial charge on any atom is 0.255 e. The lowest BCUT2D eigenvalue weighted by Crippen LogP contribution is -2.26. The van der Waals surface area contributed by atoms with Crippen LogP contribution in [0.3, 0.4) is 0 Å². The van der Waals surface area contributed by atoms with Gasteiger partial charge in [-0.15, -0.1) is 0 Å². The van der Waals surface area contributed by atoms with Gasteiger partial charge in [0, 0.05) is 28.9 Å². The summed E-state index contributed by atoms with van der Waals surface area (Å²) < 4.78 is 6.22. The number of halogens is 1. The number of para-hydroxylation sites is 1. The van der Waals surface area contributed by atoms with Gasteiger partial charge in [-0.05, 0) is 66.3 Å². The fourth-order valence-electron chi connectivity index (χ4n) is 2.23. The van der Waals surface area contributed by atoms with Crippen LogP contribution in [0.5, 0.6) is 0 Å². The van der Waals surface area contributed by atoms with Crippen molar-refractivity contribution in [3.05, 3.63) is 63.2 Å². The fourth-order valence-corrected chi connectivity index (χ4v) is 2.77. The van der Waals surface area contributed by atoms with Crippen molar-refractivity contribution in [3.63, 3.8) is 0 Å². The standard InChI is InChI=1S/C19H21IN2O3/c1-2-25-12-6-11-21-19(24)16-9-3-4-10-17(16)22-18(23)14-7-5-8-15(20)13-14/h3-5,7-10,13H,2,6,11-12H2,1H3,(H,21,24)(H,22,23). The molecule has 2 rings (SSSR count). The monoisotopic (exact) mass is 452 g/mol. The molecule has 0 heterocycles. The topological polar surface area (TPSA) is 67.4 Å². The molecule has 0 aliphatic rings. The highest BCUT2D eigenvalue weighted by molar-refractivity contribution is 14.1. The first-order valence-corrected chi connectivity index (χ1v) is 9.21. The smallest absolute Gasteiger partial charge is 0.255 e. The molecule has 0 aliphatic heterocycles. The molecule has 0 saturated heterocycles. The Balaban J connectivity index is 2.02. The molecule has 25 heavy (non-hydrogen) atoms. The van der Waals surface area contributed by atoms with Crippen LogP contribution in [-0.2, 0) is 4.74 Å². The Hall–Kier alpha value is -1.93. The van der Waals surface area contributed by atoms with Crippen molar-refractivity contribution in [1.29, 1.82) is 0 Å². The third-order valence-electron chi connectivity index (χ3n) is 3.46. The summed E-state index contributed by atoms with van der Waals surface area (Å²) in [5.74, 6) is -0.454. The maximum absolute atomic E-state index is 12.4. The van der Waals surface area contributed by atoms with Crippen LogP contribution in [0.15, 0.2) is 48.5 Å². The fraction of sp³-hybridized carbons (Fsp3) is 0.263. The quantitative estimate of drug-likeness (QED) is 0.474. The molecule has 0 bridgehead atoms. The molecule has 6 heteroatoms.